The van der Waals surface area contributed by atoms with Crippen LogP contribution in [0.5, 0.6) is 0 Å². The van der Waals surface area contributed by atoms with E-state index in [1.54, 1.807) is 7.05 Å². The van der Waals surface area contributed by atoms with Gasteiger partial charge in [0, 0.05) is 25.2 Å². The second kappa shape index (κ2) is 7.78. The Bertz CT molecular complexity index is 479. The van der Waals surface area contributed by atoms with Crippen molar-refractivity contribution < 1.29 is 9.59 Å². The highest BCUT2D eigenvalue weighted by atomic mass is 16.2. The molecule has 1 saturated heterocycles. The van der Waals surface area contributed by atoms with E-state index in [4.69, 9.17) is 0 Å². The zero-order valence-corrected chi connectivity index (χ0v) is 12.5. The van der Waals surface area contributed by atoms with Crippen molar-refractivity contribution >= 4 is 17.5 Å². The second-order valence-electron chi connectivity index (χ2n) is 5.36. The Balaban J connectivity index is 1.79. The summed E-state index contributed by atoms with van der Waals surface area (Å²) in [7, 11) is 1.74. The Morgan fingerprint density at radius 3 is 2.43 bits per heavy atom. The minimum atomic E-state index is -0.0607. The van der Waals surface area contributed by atoms with Crippen LogP contribution >= 0.6 is 0 Å². The van der Waals surface area contributed by atoms with Gasteiger partial charge in [-0.05, 0) is 44.0 Å². The molecule has 0 saturated carbocycles. The number of carbonyl (C=O) groups excluding carboxylic acids is 2. The molecule has 0 unspecified atom stereocenters. The maximum Gasteiger partial charge on any atom is 0.238 e. The van der Waals surface area contributed by atoms with E-state index in [9.17, 15) is 9.59 Å². The molecule has 0 bridgehead atoms. The molecule has 5 heteroatoms. The number of nitrogens with zero attached hydrogens (tertiary/aromatic N) is 1. The van der Waals surface area contributed by atoms with Crippen molar-refractivity contribution in [1.82, 2.24) is 10.2 Å². The van der Waals surface area contributed by atoms with Crippen LogP contribution in [-0.2, 0) is 16.0 Å². The van der Waals surface area contributed by atoms with Crippen LogP contribution in [0.3, 0.4) is 0 Å². The number of amides is 2. The summed E-state index contributed by atoms with van der Waals surface area (Å²) in [6, 6.07) is 7.69. The van der Waals surface area contributed by atoms with Crippen LogP contribution < -0.4 is 10.6 Å². The van der Waals surface area contributed by atoms with Gasteiger partial charge in [-0.3, -0.25) is 9.59 Å². The molecule has 0 aliphatic carbocycles. The topological polar surface area (TPSA) is 61.4 Å². The zero-order chi connectivity index (χ0) is 15.1. The number of likely N-dealkylation sites (N-methyl/N-ethyl adjacent to an activating group) is 1. The van der Waals surface area contributed by atoms with Crippen LogP contribution in [0.1, 0.15) is 24.8 Å². The fourth-order valence-corrected chi connectivity index (χ4v) is 2.50. The van der Waals surface area contributed by atoms with Crippen LogP contribution in [0.2, 0.25) is 0 Å². The number of aryl methyl sites for hydroxylation is 1. The fraction of sp³-hybridized carbons (Fsp3) is 0.500. The summed E-state index contributed by atoms with van der Waals surface area (Å²) in [5.41, 5.74) is 1.90. The van der Waals surface area contributed by atoms with E-state index in [0.29, 0.717) is 13.0 Å². The van der Waals surface area contributed by atoms with Crippen molar-refractivity contribution in [2.45, 2.75) is 25.7 Å². The summed E-state index contributed by atoms with van der Waals surface area (Å²) < 4.78 is 0. The molecule has 1 heterocycles. The van der Waals surface area contributed by atoms with Crippen LogP contribution in [0.4, 0.5) is 5.69 Å². The van der Waals surface area contributed by atoms with Crippen molar-refractivity contribution in [3.8, 4) is 0 Å². The lowest BCUT2D eigenvalue weighted by atomic mass is 10.1. The molecule has 0 aromatic heterocycles. The average molecular weight is 289 g/mol. The summed E-state index contributed by atoms with van der Waals surface area (Å²) in [4.78, 5) is 25.4. The summed E-state index contributed by atoms with van der Waals surface area (Å²) in [5.74, 6) is 0.188. The highest BCUT2D eigenvalue weighted by Crippen LogP contribution is 2.13. The van der Waals surface area contributed by atoms with E-state index in [0.717, 1.165) is 43.6 Å². The Morgan fingerprint density at radius 2 is 1.81 bits per heavy atom. The maximum atomic E-state index is 12.0. The molecule has 2 N–H and O–H groups in total. The lowest BCUT2D eigenvalue weighted by Gasteiger charge is -2.15. The largest absolute Gasteiger partial charge is 0.343 e. The predicted molar refractivity (Wildman–Crippen MR) is 83.1 cm³/mol. The minimum Gasteiger partial charge on any atom is -0.343 e. The first-order chi connectivity index (χ1) is 10.2. The van der Waals surface area contributed by atoms with Gasteiger partial charge in [-0.25, -0.2) is 0 Å². The zero-order valence-electron chi connectivity index (χ0n) is 12.5. The molecular weight excluding hydrogens is 266 g/mol. The average Bonchev–Trinajstić information content (AvgIpc) is 3.01. The Hall–Kier alpha value is -1.88. The predicted octanol–water partition coefficient (Wildman–Crippen LogP) is 1.40. The fourth-order valence-electron chi connectivity index (χ4n) is 2.50. The Morgan fingerprint density at radius 1 is 1.14 bits per heavy atom. The van der Waals surface area contributed by atoms with Gasteiger partial charge in [0.05, 0.1) is 6.54 Å². The minimum absolute atomic E-state index is 0.0607. The van der Waals surface area contributed by atoms with Crippen LogP contribution in [0.15, 0.2) is 24.3 Å². The van der Waals surface area contributed by atoms with Crippen molar-refractivity contribution in [2.24, 2.45) is 0 Å². The summed E-state index contributed by atoms with van der Waals surface area (Å²) in [6.45, 7) is 2.12. The van der Waals surface area contributed by atoms with Gasteiger partial charge in [0.1, 0.15) is 0 Å². The summed E-state index contributed by atoms with van der Waals surface area (Å²) in [5, 5.41) is 5.61. The lowest BCUT2D eigenvalue weighted by Crippen LogP contribution is -2.27. The first-order valence-electron chi connectivity index (χ1n) is 7.50. The number of hydrogen-bond acceptors (Lipinski definition) is 3. The molecule has 2 rings (SSSR count). The Labute approximate surface area is 125 Å². The number of rotatable bonds is 6. The number of nitrogens with one attached hydrogen (secondary N) is 2. The third kappa shape index (κ3) is 4.86. The van der Waals surface area contributed by atoms with Gasteiger partial charge >= 0.3 is 0 Å². The molecule has 21 heavy (non-hydrogen) atoms. The molecule has 114 valence electrons. The SMILES string of the molecule is CNCC(=O)Nc1ccc(CCC(=O)N2CCCC2)cc1. The van der Waals surface area contributed by atoms with Crippen LogP contribution in [0.25, 0.3) is 0 Å². The van der Waals surface area contributed by atoms with Gasteiger partial charge in [-0.1, -0.05) is 12.1 Å². The van der Waals surface area contributed by atoms with Gasteiger partial charge in [0.2, 0.25) is 11.8 Å². The molecule has 0 spiro atoms. The van der Waals surface area contributed by atoms with E-state index in [2.05, 4.69) is 10.6 Å². The monoisotopic (exact) mass is 289 g/mol. The van der Waals surface area contributed by atoms with E-state index in [1.807, 2.05) is 29.2 Å². The molecule has 5 nitrogen and oxygen atoms in total. The number of anilines is 1. The van der Waals surface area contributed by atoms with Crippen molar-refractivity contribution in [1.29, 1.82) is 0 Å². The van der Waals surface area contributed by atoms with Crippen molar-refractivity contribution in [3.63, 3.8) is 0 Å². The molecule has 0 atom stereocenters. The van der Waals surface area contributed by atoms with Crippen LogP contribution in [0, 0.1) is 0 Å². The molecule has 1 aliphatic rings. The molecule has 1 aromatic rings. The molecule has 1 aliphatic heterocycles. The highest BCUT2D eigenvalue weighted by Gasteiger charge is 2.17. The van der Waals surface area contributed by atoms with Crippen molar-refractivity contribution in [2.75, 3.05) is 32.0 Å². The van der Waals surface area contributed by atoms with E-state index in [1.165, 1.54) is 0 Å². The number of likely N-dealkylation sites (tertiary alicyclic amines) is 1. The van der Waals surface area contributed by atoms with Crippen LogP contribution in [-0.4, -0.2) is 43.4 Å². The normalized spacial score (nSPS) is 14.2. The van der Waals surface area contributed by atoms with Gasteiger partial charge < -0.3 is 15.5 Å². The first kappa shape index (κ1) is 15.5. The second-order valence-corrected chi connectivity index (χ2v) is 5.36. The van der Waals surface area contributed by atoms with Gasteiger partial charge in [-0.15, -0.1) is 0 Å². The number of carbonyl (C=O) groups is 2. The van der Waals surface area contributed by atoms with Gasteiger partial charge in [0.15, 0.2) is 0 Å². The van der Waals surface area contributed by atoms with E-state index >= 15 is 0 Å². The lowest BCUT2D eigenvalue weighted by molar-refractivity contribution is -0.130. The molecule has 1 aromatic carbocycles. The standard InChI is InChI=1S/C16H23N3O2/c1-17-12-15(20)18-14-7-4-13(5-8-14)6-9-16(21)19-10-2-3-11-19/h4-5,7-8,17H,2-3,6,9-12H2,1H3,(H,18,20). The van der Waals surface area contributed by atoms with Gasteiger partial charge in [-0.2, -0.15) is 0 Å². The quantitative estimate of drug-likeness (QED) is 0.832. The number of benzene rings is 1. The maximum absolute atomic E-state index is 12.0. The molecule has 0 radical (unpaired) electrons. The third-order valence-electron chi connectivity index (χ3n) is 3.66. The molecular formula is C16H23N3O2. The first-order valence-corrected chi connectivity index (χ1v) is 7.50. The molecule has 1 fully saturated rings. The van der Waals surface area contributed by atoms with E-state index in [-0.39, 0.29) is 11.8 Å². The van der Waals surface area contributed by atoms with Gasteiger partial charge in [0.25, 0.3) is 0 Å². The number of hydrogen-bond donors (Lipinski definition) is 2. The summed E-state index contributed by atoms with van der Waals surface area (Å²) >= 11 is 0. The highest BCUT2D eigenvalue weighted by molar-refractivity contribution is 5.92. The molecule has 2 amide bonds. The summed E-state index contributed by atoms with van der Waals surface area (Å²) in [6.07, 6.45) is 3.57. The Kier molecular flexibility index (Phi) is 5.75. The van der Waals surface area contributed by atoms with Crippen molar-refractivity contribution in [3.05, 3.63) is 29.8 Å². The third-order valence-corrected chi connectivity index (χ3v) is 3.66. The smallest absolute Gasteiger partial charge is 0.238 e. The van der Waals surface area contributed by atoms with E-state index < -0.39 is 0 Å².